The van der Waals surface area contributed by atoms with Gasteiger partial charge in [-0.1, -0.05) is 6.07 Å². The number of piperidine rings is 1. The predicted octanol–water partition coefficient (Wildman–Crippen LogP) is 4.97. The maximum atomic E-state index is 6.25. The fourth-order valence-electron chi connectivity index (χ4n) is 4.40. The van der Waals surface area contributed by atoms with E-state index >= 15 is 0 Å². The maximum absolute atomic E-state index is 6.25. The Bertz CT molecular complexity index is 874. The van der Waals surface area contributed by atoms with Crippen LogP contribution >= 0.6 is 11.3 Å². The molecule has 2 aliphatic rings. The molecule has 2 fully saturated rings. The Balaban J connectivity index is 1.31. The lowest BCUT2D eigenvalue weighted by Crippen LogP contribution is -2.43. The molecule has 0 aliphatic carbocycles. The number of nitrogens with zero attached hydrogens (tertiary/aromatic N) is 2. The van der Waals surface area contributed by atoms with Gasteiger partial charge < -0.3 is 9.64 Å². The molecular weight excluding hydrogens is 328 g/mol. The number of fused-ring (bicyclic) bond motifs is 3. The van der Waals surface area contributed by atoms with Crippen LogP contribution in [0, 0.1) is 0 Å². The van der Waals surface area contributed by atoms with Gasteiger partial charge in [-0.2, -0.15) is 0 Å². The highest BCUT2D eigenvalue weighted by Crippen LogP contribution is 2.36. The quantitative estimate of drug-likeness (QED) is 0.667. The summed E-state index contributed by atoms with van der Waals surface area (Å²) in [5.41, 5.74) is 2.17. The van der Waals surface area contributed by atoms with Crippen molar-refractivity contribution < 1.29 is 4.74 Å². The molecule has 2 bridgehead atoms. The SMILES string of the molecule is CN1[C@@H]2CC[C@H]1CC(Oc1ccc(-c3ccc4sccc4c3)nc1)C2. The number of rotatable bonds is 3. The summed E-state index contributed by atoms with van der Waals surface area (Å²) in [6.07, 6.45) is 7.15. The Labute approximate surface area is 152 Å². The van der Waals surface area contributed by atoms with E-state index < -0.39 is 0 Å². The first-order valence-corrected chi connectivity index (χ1v) is 9.96. The van der Waals surface area contributed by atoms with E-state index in [4.69, 9.17) is 4.74 Å². The second-order valence-corrected chi connectivity index (χ2v) is 8.26. The van der Waals surface area contributed by atoms with Crippen LogP contribution < -0.4 is 4.74 Å². The Morgan fingerprint density at radius 1 is 1.08 bits per heavy atom. The first kappa shape index (κ1) is 15.4. The van der Waals surface area contributed by atoms with Crippen LogP contribution in [-0.2, 0) is 0 Å². The number of benzene rings is 1. The van der Waals surface area contributed by atoms with E-state index in [2.05, 4.69) is 58.7 Å². The fraction of sp³-hybridized carbons (Fsp3) is 0.381. The first-order chi connectivity index (χ1) is 12.3. The van der Waals surface area contributed by atoms with Gasteiger partial charge in [-0.3, -0.25) is 4.98 Å². The van der Waals surface area contributed by atoms with Crippen LogP contribution in [0.15, 0.2) is 48.0 Å². The lowest BCUT2D eigenvalue weighted by atomic mass is 10.0. The van der Waals surface area contributed by atoms with Crippen molar-refractivity contribution in [3.63, 3.8) is 0 Å². The topological polar surface area (TPSA) is 25.4 Å². The summed E-state index contributed by atoms with van der Waals surface area (Å²) in [6.45, 7) is 0. The maximum Gasteiger partial charge on any atom is 0.138 e. The number of aromatic nitrogens is 1. The summed E-state index contributed by atoms with van der Waals surface area (Å²) < 4.78 is 7.57. The Morgan fingerprint density at radius 3 is 2.68 bits per heavy atom. The Kier molecular flexibility index (Phi) is 3.75. The molecule has 3 atom stereocenters. The summed E-state index contributed by atoms with van der Waals surface area (Å²) in [5, 5.41) is 3.42. The van der Waals surface area contributed by atoms with Crippen molar-refractivity contribution in [3.8, 4) is 17.0 Å². The predicted molar refractivity (Wildman–Crippen MR) is 103 cm³/mol. The van der Waals surface area contributed by atoms with Crippen LogP contribution in [0.5, 0.6) is 5.75 Å². The van der Waals surface area contributed by atoms with Crippen molar-refractivity contribution in [3.05, 3.63) is 48.0 Å². The number of hydrogen-bond acceptors (Lipinski definition) is 4. The molecule has 2 aliphatic heterocycles. The van der Waals surface area contributed by atoms with Crippen LogP contribution in [0.3, 0.4) is 0 Å². The smallest absolute Gasteiger partial charge is 0.138 e. The number of thiophene rings is 1. The van der Waals surface area contributed by atoms with Gasteiger partial charge in [0, 0.05) is 22.3 Å². The molecule has 128 valence electrons. The molecule has 0 saturated carbocycles. The van der Waals surface area contributed by atoms with E-state index in [1.165, 1.54) is 22.9 Å². The molecular formula is C21H22N2OS. The number of pyridine rings is 1. The van der Waals surface area contributed by atoms with Crippen molar-refractivity contribution in [2.45, 2.75) is 43.9 Å². The minimum absolute atomic E-state index is 0.337. The molecule has 1 unspecified atom stereocenters. The normalized spacial score (nSPS) is 26.2. The van der Waals surface area contributed by atoms with Crippen LogP contribution in [0.4, 0.5) is 0 Å². The molecule has 0 radical (unpaired) electrons. The van der Waals surface area contributed by atoms with Crippen molar-refractivity contribution in [1.82, 2.24) is 9.88 Å². The van der Waals surface area contributed by atoms with E-state index in [0.717, 1.165) is 29.8 Å². The van der Waals surface area contributed by atoms with E-state index in [9.17, 15) is 0 Å². The molecule has 3 nitrogen and oxygen atoms in total. The average Bonchev–Trinajstić information content (AvgIpc) is 3.16. The molecule has 5 rings (SSSR count). The zero-order chi connectivity index (χ0) is 16.8. The van der Waals surface area contributed by atoms with Gasteiger partial charge in [0.15, 0.2) is 0 Å². The second kappa shape index (κ2) is 6.11. The minimum Gasteiger partial charge on any atom is -0.489 e. The first-order valence-electron chi connectivity index (χ1n) is 9.08. The van der Waals surface area contributed by atoms with Gasteiger partial charge in [0.25, 0.3) is 0 Å². The Hall–Kier alpha value is -1.91. The lowest BCUT2D eigenvalue weighted by Gasteiger charge is -2.36. The summed E-state index contributed by atoms with van der Waals surface area (Å²) in [7, 11) is 2.26. The van der Waals surface area contributed by atoms with E-state index in [0.29, 0.717) is 18.2 Å². The summed E-state index contributed by atoms with van der Waals surface area (Å²) >= 11 is 1.77. The van der Waals surface area contributed by atoms with Gasteiger partial charge in [-0.05, 0) is 73.8 Å². The molecule has 2 saturated heterocycles. The highest BCUT2D eigenvalue weighted by molar-refractivity contribution is 7.17. The molecule has 4 heterocycles. The number of ether oxygens (including phenoxy) is 1. The third-order valence-corrected chi connectivity index (χ3v) is 6.74. The van der Waals surface area contributed by atoms with Crippen molar-refractivity contribution >= 4 is 21.4 Å². The zero-order valence-corrected chi connectivity index (χ0v) is 15.2. The van der Waals surface area contributed by atoms with E-state index in [1.54, 1.807) is 11.3 Å². The van der Waals surface area contributed by atoms with Crippen LogP contribution in [-0.4, -0.2) is 35.1 Å². The standard InChI is InChI=1S/C21H22N2OS/c1-23-16-3-4-17(23)12-19(11-16)24-18-5-6-20(22-13-18)14-2-7-21-15(10-14)8-9-25-21/h2,5-10,13,16-17,19H,3-4,11-12H2,1H3/t16-,17+,19?. The fourth-order valence-corrected chi connectivity index (χ4v) is 5.17. The summed E-state index contributed by atoms with van der Waals surface area (Å²) in [5.74, 6) is 0.898. The highest BCUT2D eigenvalue weighted by Gasteiger charge is 2.39. The molecule has 1 aromatic carbocycles. The van der Waals surface area contributed by atoms with Gasteiger partial charge in [0.05, 0.1) is 11.9 Å². The van der Waals surface area contributed by atoms with Gasteiger partial charge in [0.1, 0.15) is 11.9 Å². The monoisotopic (exact) mass is 350 g/mol. The largest absolute Gasteiger partial charge is 0.489 e. The van der Waals surface area contributed by atoms with Gasteiger partial charge in [-0.25, -0.2) is 0 Å². The van der Waals surface area contributed by atoms with Gasteiger partial charge in [0.2, 0.25) is 0 Å². The summed E-state index contributed by atoms with van der Waals surface area (Å²) in [4.78, 5) is 7.19. The molecule has 25 heavy (non-hydrogen) atoms. The van der Waals surface area contributed by atoms with Crippen molar-refractivity contribution in [1.29, 1.82) is 0 Å². The Morgan fingerprint density at radius 2 is 1.92 bits per heavy atom. The summed E-state index contributed by atoms with van der Waals surface area (Å²) in [6, 6.07) is 14.2. The molecule has 0 N–H and O–H groups in total. The third kappa shape index (κ3) is 2.83. The molecule has 0 spiro atoms. The molecule has 2 aromatic heterocycles. The minimum atomic E-state index is 0.337. The van der Waals surface area contributed by atoms with Crippen LogP contribution in [0.2, 0.25) is 0 Å². The van der Waals surface area contributed by atoms with Crippen molar-refractivity contribution in [2.75, 3.05) is 7.05 Å². The third-order valence-electron chi connectivity index (χ3n) is 5.84. The van der Waals surface area contributed by atoms with Gasteiger partial charge >= 0.3 is 0 Å². The van der Waals surface area contributed by atoms with Crippen LogP contribution in [0.1, 0.15) is 25.7 Å². The molecule has 4 heteroatoms. The van der Waals surface area contributed by atoms with E-state index in [1.807, 2.05) is 6.20 Å². The van der Waals surface area contributed by atoms with Gasteiger partial charge in [-0.15, -0.1) is 11.3 Å². The lowest BCUT2D eigenvalue weighted by molar-refractivity contribution is 0.0659. The number of hydrogen-bond donors (Lipinski definition) is 0. The molecule has 3 aromatic rings. The average molecular weight is 350 g/mol. The molecule has 0 amide bonds. The van der Waals surface area contributed by atoms with Crippen molar-refractivity contribution in [2.24, 2.45) is 0 Å². The van der Waals surface area contributed by atoms with E-state index in [-0.39, 0.29) is 0 Å². The van der Waals surface area contributed by atoms with Crippen LogP contribution in [0.25, 0.3) is 21.3 Å². The second-order valence-electron chi connectivity index (χ2n) is 7.31. The highest BCUT2D eigenvalue weighted by atomic mass is 32.1. The zero-order valence-electron chi connectivity index (χ0n) is 14.4.